The van der Waals surface area contributed by atoms with Crippen molar-refractivity contribution in [2.45, 2.75) is 33.2 Å². The Hall–Kier alpha value is -0.100. The van der Waals surface area contributed by atoms with Crippen molar-refractivity contribution in [1.29, 1.82) is 0 Å². The standard InChI is InChI=1S/C13H17BrINO/c1-4-9(3)16(5-2)13(17)11-8-10(14)6-7-12(11)15/h6-9H,4-5H2,1-3H3. The van der Waals surface area contributed by atoms with Crippen molar-refractivity contribution in [3.63, 3.8) is 0 Å². The highest BCUT2D eigenvalue weighted by Gasteiger charge is 2.20. The lowest BCUT2D eigenvalue weighted by atomic mass is 10.1. The third-order valence-electron chi connectivity index (χ3n) is 2.88. The molecular weight excluding hydrogens is 393 g/mol. The Bertz CT molecular complexity index is 408. The zero-order valence-corrected chi connectivity index (χ0v) is 14.1. The van der Waals surface area contributed by atoms with E-state index in [1.54, 1.807) is 0 Å². The Kier molecular flexibility index (Phi) is 5.92. The van der Waals surface area contributed by atoms with Crippen LogP contribution in [-0.4, -0.2) is 23.4 Å². The first-order valence-corrected chi connectivity index (χ1v) is 7.64. The predicted octanol–water partition coefficient (Wildman–Crippen LogP) is 4.31. The van der Waals surface area contributed by atoms with Crippen LogP contribution in [-0.2, 0) is 0 Å². The van der Waals surface area contributed by atoms with E-state index in [-0.39, 0.29) is 11.9 Å². The van der Waals surface area contributed by atoms with Gasteiger partial charge in [-0.05, 0) is 61.1 Å². The Morgan fingerprint density at radius 1 is 1.47 bits per heavy atom. The number of hydrogen-bond acceptors (Lipinski definition) is 1. The van der Waals surface area contributed by atoms with Gasteiger partial charge >= 0.3 is 0 Å². The summed E-state index contributed by atoms with van der Waals surface area (Å²) in [6.45, 7) is 6.96. The van der Waals surface area contributed by atoms with E-state index in [2.05, 4.69) is 52.4 Å². The Balaban J connectivity index is 3.05. The van der Waals surface area contributed by atoms with Crippen molar-refractivity contribution < 1.29 is 4.79 Å². The van der Waals surface area contributed by atoms with E-state index < -0.39 is 0 Å². The van der Waals surface area contributed by atoms with E-state index in [0.29, 0.717) is 0 Å². The third-order valence-corrected chi connectivity index (χ3v) is 4.32. The molecule has 0 bridgehead atoms. The molecule has 0 aliphatic carbocycles. The van der Waals surface area contributed by atoms with Gasteiger partial charge in [-0.1, -0.05) is 22.9 Å². The monoisotopic (exact) mass is 409 g/mol. The number of nitrogens with zero attached hydrogens (tertiary/aromatic N) is 1. The molecule has 4 heteroatoms. The average molecular weight is 410 g/mol. The quantitative estimate of drug-likeness (QED) is 0.678. The first-order valence-electron chi connectivity index (χ1n) is 5.77. The van der Waals surface area contributed by atoms with Crippen molar-refractivity contribution >= 4 is 44.4 Å². The van der Waals surface area contributed by atoms with Crippen molar-refractivity contribution in [2.24, 2.45) is 0 Å². The van der Waals surface area contributed by atoms with Gasteiger partial charge in [-0.2, -0.15) is 0 Å². The van der Waals surface area contributed by atoms with Gasteiger partial charge in [0.1, 0.15) is 0 Å². The minimum Gasteiger partial charge on any atom is -0.336 e. The van der Waals surface area contributed by atoms with E-state index >= 15 is 0 Å². The molecule has 0 aliphatic rings. The molecule has 0 N–H and O–H groups in total. The number of rotatable bonds is 4. The fourth-order valence-electron chi connectivity index (χ4n) is 1.69. The maximum Gasteiger partial charge on any atom is 0.255 e. The minimum atomic E-state index is 0.118. The summed E-state index contributed by atoms with van der Waals surface area (Å²) in [5.41, 5.74) is 0.780. The first-order chi connectivity index (χ1) is 8.01. The van der Waals surface area contributed by atoms with Crippen LogP contribution in [0, 0.1) is 3.57 Å². The zero-order chi connectivity index (χ0) is 13.0. The van der Waals surface area contributed by atoms with Crippen LogP contribution in [0.15, 0.2) is 22.7 Å². The summed E-state index contributed by atoms with van der Waals surface area (Å²) >= 11 is 5.62. The molecule has 0 saturated carbocycles. The topological polar surface area (TPSA) is 20.3 Å². The molecule has 0 saturated heterocycles. The minimum absolute atomic E-state index is 0.118. The third kappa shape index (κ3) is 3.68. The van der Waals surface area contributed by atoms with E-state index in [0.717, 1.165) is 26.6 Å². The molecule has 1 amide bonds. The Morgan fingerprint density at radius 2 is 2.12 bits per heavy atom. The van der Waals surface area contributed by atoms with Crippen LogP contribution < -0.4 is 0 Å². The van der Waals surface area contributed by atoms with Gasteiger partial charge < -0.3 is 4.90 Å². The molecule has 0 heterocycles. The average Bonchev–Trinajstić information content (AvgIpc) is 2.32. The van der Waals surface area contributed by atoms with Crippen molar-refractivity contribution in [1.82, 2.24) is 4.90 Å². The van der Waals surface area contributed by atoms with E-state index in [4.69, 9.17) is 0 Å². The van der Waals surface area contributed by atoms with Crippen LogP contribution in [0.25, 0.3) is 0 Å². The van der Waals surface area contributed by atoms with Crippen LogP contribution in [0.2, 0.25) is 0 Å². The molecular formula is C13H17BrINO. The van der Waals surface area contributed by atoms with Gasteiger partial charge in [0.15, 0.2) is 0 Å². The van der Waals surface area contributed by atoms with E-state index in [1.807, 2.05) is 30.0 Å². The normalized spacial score (nSPS) is 12.3. The summed E-state index contributed by atoms with van der Waals surface area (Å²) < 4.78 is 1.94. The molecule has 2 nitrogen and oxygen atoms in total. The van der Waals surface area contributed by atoms with Gasteiger partial charge in [-0.15, -0.1) is 0 Å². The summed E-state index contributed by atoms with van der Waals surface area (Å²) in [4.78, 5) is 14.4. The van der Waals surface area contributed by atoms with Crippen LogP contribution in [0.5, 0.6) is 0 Å². The molecule has 1 unspecified atom stereocenters. The fourth-order valence-corrected chi connectivity index (χ4v) is 2.62. The largest absolute Gasteiger partial charge is 0.336 e. The van der Waals surface area contributed by atoms with Crippen molar-refractivity contribution in [3.8, 4) is 0 Å². The molecule has 94 valence electrons. The van der Waals surface area contributed by atoms with Crippen LogP contribution in [0.3, 0.4) is 0 Å². The fraction of sp³-hybridized carbons (Fsp3) is 0.462. The molecule has 0 aliphatic heterocycles. The van der Waals surface area contributed by atoms with Gasteiger partial charge in [0.25, 0.3) is 5.91 Å². The van der Waals surface area contributed by atoms with Gasteiger partial charge in [0, 0.05) is 20.6 Å². The smallest absolute Gasteiger partial charge is 0.255 e. The van der Waals surface area contributed by atoms with Crippen LogP contribution >= 0.6 is 38.5 Å². The van der Waals surface area contributed by atoms with Gasteiger partial charge in [-0.3, -0.25) is 4.79 Å². The number of carbonyl (C=O) groups excluding carboxylic acids is 1. The van der Waals surface area contributed by atoms with Gasteiger partial charge in [0.2, 0.25) is 0 Å². The molecule has 0 radical (unpaired) electrons. The Labute approximate surface area is 125 Å². The first kappa shape index (κ1) is 15.0. The summed E-state index contributed by atoms with van der Waals surface area (Å²) in [6, 6.07) is 6.09. The van der Waals surface area contributed by atoms with Gasteiger partial charge in [0.05, 0.1) is 5.56 Å². The second kappa shape index (κ2) is 6.73. The lowest BCUT2D eigenvalue weighted by molar-refractivity contribution is 0.0699. The number of amides is 1. The highest BCUT2D eigenvalue weighted by atomic mass is 127. The van der Waals surface area contributed by atoms with Crippen LogP contribution in [0.4, 0.5) is 0 Å². The summed E-state index contributed by atoms with van der Waals surface area (Å²) in [7, 11) is 0. The molecule has 0 fully saturated rings. The maximum atomic E-state index is 12.4. The van der Waals surface area contributed by atoms with E-state index in [1.165, 1.54) is 0 Å². The number of halogens is 2. The van der Waals surface area contributed by atoms with Crippen molar-refractivity contribution in [2.75, 3.05) is 6.54 Å². The Morgan fingerprint density at radius 3 is 2.65 bits per heavy atom. The zero-order valence-electron chi connectivity index (χ0n) is 10.3. The molecule has 1 rings (SSSR count). The predicted molar refractivity (Wildman–Crippen MR) is 83.3 cm³/mol. The van der Waals surface area contributed by atoms with Crippen LogP contribution in [0.1, 0.15) is 37.6 Å². The summed E-state index contributed by atoms with van der Waals surface area (Å²) in [5.74, 6) is 0.118. The second-order valence-electron chi connectivity index (χ2n) is 3.97. The SMILES string of the molecule is CCC(C)N(CC)C(=O)c1cc(Br)ccc1I. The lowest BCUT2D eigenvalue weighted by Crippen LogP contribution is -2.38. The number of carbonyl (C=O) groups is 1. The maximum absolute atomic E-state index is 12.4. The lowest BCUT2D eigenvalue weighted by Gasteiger charge is -2.27. The van der Waals surface area contributed by atoms with Gasteiger partial charge in [-0.25, -0.2) is 0 Å². The second-order valence-corrected chi connectivity index (χ2v) is 6.05. The number of hydrogen-bond donors (Lipinski definition) is 0. The summed E-state index contributed by atoms with van der Waals surface area (Å²) in [5, 5.41) is 0. The molecule has 0 spiro atoms. The molecule has 17 heavy (non-hydrogen) atoms. The highest BCUT2D eigenvalue weighted by molar-refractivity contribution is 14.1. The number of benzene rings is 1. The summed E-state index contributed by atoms with van der Waals surface area (Å²) in [6.07, 6.45) is 0.976. The molecule has 1 atom stereocenters. The molecule has 0 aromatic heterocycles. The van der Waals surface area contributed by atoms with Crippen molar-refractivity contribution in [3.05, 3.63) is 31.8 Å². The highest BCUT2D eigenvalue weighted by Crippen LogP contribution is 2.21. The molecule has 1 aromatic carbocycles. The van der Waals surface area contributed by atoms with E-state index in [9.17, 15) is 4.79 Å². The molecule has 1 aromatic rings.